The highest BCUT2D eigenvalue weighted by molar-refractivity contribution is 7.91. The van der Waals surface area contributed by atoms with Crippen molar-refractivity contribution in [2.45, 2.75) is 43.5 Å². The van der Waals surface area contributed by atoms with Crippen LogP contribution in [0.15, 0.2) is 0 Å². The van der Waals surface area contributed by atoms with Crippen LogP contribution in [0.3, 0.4) is 0 Å². The van der Waals surface area contributed by atoms with Crippen molar-refractivity contribution in [1.82, 2.24) is 0 Å². The lowest BCUT2D eigenvalue weighted by Crippen LogP contribution is -2.54. The number of rotatable bonds is 1. The maximum absolute atomic E-state index is 11.6. The first-order chi connectivity index (χ1) is 7.91. The minimum absolute atomic E-state index is 0.0204. The molecule has 6 heteroatoms. The zero-order valence-corrected chi connectivity index (χ0v) is 10.2. The van der Waals surface area contributed by atoms with E-state index in [0.717, 1.165) is 12.8 Å². The van der Waals surface area contributed by atoms with Gasteiger partial charge in [-0.05, 0) is 25.7 Å². The molecule has 0 aromatic heterocycles. The zero-order valence-electron chi connectivity index (χ0n) is 9.42. The van der Waals surface area contributed by atoms with Crippen LogP contribution in [0.2, 0.25) is 0 Å². The summed E-state index contributed by atoms with van der Waals surface area (Å²) in [5.74, 6) is -0.315. The quantitative estimate of drug-likeness (QED) is 0.714. The van der Waals surface area contributed by atoms with Crippen molar-refractivity contribution in [2.24, 2.45) is 5.41 Å². The molecular formula is C11H15NO4S. The fourth-order valence-electron chi connectivity index (χ4n) is 3.60. The van der Waals surface area contributed by atoms with Crippen LogP contribution < -0.4 is 0 Å². The Kier molecular flexibility index (Phi) is 2.17. The van der Waals surface area contributed by atoms with Gasteiger partial charge in [0.2, 0.25) is 0 Å². The SMILES string of the molecule is N#CC1(C2(O)CCS(=O)(=O)C2)CC2CCC1O2. The smallest absolute Gasteiger partial charge is 0.153 e. The molecule has 0 aromatic carbocycles. The van der Waals surface area contributed by atoms with Crippen LogP contribution in [0.4, 0.5) is 0 Å². The number of nitriles is 1. The monoisotopic (exact) mass is 257 g/mol. The molecule has 5 nitrogen and oxygen atoms in total. The third kappa shape index (κ3) is 1.39. The van der Waals surface area contributed by atoms with E-state index >= 15 is 0 Å². The molecule has 3 heterocycles. The van der Waals surface area contributed by atoms with E-state index in [1.165, 1.54) is 0 Å². The predicted molar refractivity (Wildman–Crippen MR) is 58.8 cm³/mol. The van der Waals surface area contributed by atoms with E-state index in [4.69, 9.17) is 4.74 Å². The summed E-state index contributed by atoms with van der Waals surface area (Å²) in [7, 11) is -3.21. The number of nitrogens with zero attached hydrogens (tertiary/aromatic N) is 1. The van der Waals surface area contributed by atoms with Crippen molar-refractivity contribution in [1.29, 1.82) is 5.26 Å². The van der Waals surface area contributed by atoms with Crippen molar-refractivity contribution < 1.29 is 18.3 Å². The first kappa shape index (κ1) is 11.5. The van der Waals surface area contributed by atoms with Gasteiger partial charge in [-0.3, -0.25) is 0 Å². The summed E-state index contributed by atoms with van der Waals surface area (Å²) < 4.78 is 28.8. The molecule has 2 bridgehead atoms. The third-order valence-electron chi connectivity index (χ3n) is 4.52. The number of ether oxygens (including phenoxy) is 1. The summed E-state index contributed by atoms with van der Waals surface area (Å²) in [4.78, 5) is 0. The molecule has 3 saturated heterocycles. The second-order valence-corrected chi connectivity index (χ2v) is 7.67. The minimum Gasteiger partial charge on any atom is -0.387 e. The standard InChI is InChI=1S/C11H15NO4S/c12-6-10(5-8-1-2-9(10)16-8)11(13)3-4-17(14,15)7-11/h8-9,13H,1-5,7H2. The molecule has 3 aliphatic heterocycles. The molecule has 3 rings (SSSR count). The van der Waals surface area contributed by atoms with Crippen LogP contribution in [0.5, 0.6) is 0 Å². The van der Waals surface area contributed by atoms with Gasteiger partial charge in [0, 0.05) is 0 Å². The number of aliphatic hydroxyl groups is 1. The summed E-state index contributed by atoms with van der Waals surface area (Å²) >= 11 is 0. The number of hydrogen-bond acceptors (Lipinski definition) is 5. The highest BCUT2D eigenvalue weighted by Crippen LogP contribution is 2.55. The van der Waals surface area contributed by atoms with Gasteiger partial charge in [-0.25, -0.2) is 8.42 Å². The summed E-state index contributed by atoms with van der Waals surface area (Å²) in [6.45, 7) is 0. The van der Waals surface area contributed by atoms with E-state index in [9.17, 15) is 18.8 Å². The maximum atomic E-state index is 11.6. The molecular weight excluding hydrogens is 242 g/mol. The van der Waals surface area contributed by atoms with E-state index in [1.54, 1.807) is 0 Å². The molecule has 0 amide bonds. The van der Waals surface area contributed by atoms with Crippen LogP contribution in [0, 0.1) is 16.7 Å². The Labute approximate surface area is 100 Å². The minimum atomic E-state index is -3.21. The second-order valence-electron chi connectivity index (χ2n) is 5.48. The van der Waals surface area contributed by atoms with Crippen LogP contribution in [-0.4, -0.2) is 42.8 Å². The van der Waals surface area contributed by atoms with Crippen LogP contribution in [0.25, 0.3) is 0 Å². The molecule has 0 saturated carbocycles. The van der Waals surface area contributed by atoms with E-state index < -0.39 is 20.9 Å². The Bertz CT molecular complexity index is 496. The lowest BCUT2D eigenvalue weighted by molar-refractivity contribution is -0.0659. The Morgan fingerprint density at radius 1 is 1.41 bits per heavy atom. The Morgan fingerprint density at radius 2 is 2.18 bits per heavy atom. The van der Waals surface area contributed by atoms with Crippen LogP contribution >= 0.6 is 0 Å². The van der Waals surface area contributed by atoms with E-state index in [-0.39, 0.29) is 30.1 Å². The average molecular weight is 257 g/mol. The normalized spacial score (nSPS) is 51.5. The molecule has 4 atom stereocenters. The van der Waals surface area contributed by atoms with Gasteiger partial charge in [0.1, 0.15) is 11.0 Å². The highest BCUT2D eigenvalue weighted by atomic mass is 32.2. The average Bonchev–Trinajstić information content (AvgIpc) is 2.91. The molecule has 3 fully saturated rings. The number of fused-ring (bicyclic) bond motifs is 2. The van der Waals surface area contributed by atoms with E-state index in [2.05, 4.69) is 6.07 Å². The van der Waals surface area contributed by atoms with Crippen LogP contribution in [0.1, 0.15) is 25.7 Å². The molecule has 94 valence electrons. The predicted octanol–water partition coefficient (Wildman–Crippen LogP) is -0.00272. The lowest BCUT2D eigenvalue weighted by atomic mass is 9.63. The molecule has 1 N–H and O–H groups in total. The molecule has 0 aliphatic carbocycles. The molecule has 17 heavy (non-hydrogen) atoms. The second kappa shape index (κ2) is 3.22. The van der Waals surface area contributed by atoms with Gasteiger partial charge in [-0.1, -0.05) is 0 Å². The molecule has 0 radical (unpaired) electrons. The van der Waals surface area contributed by atoms with Gasteiger partial charge in [0.15, 0.2) is 9.84 Å². The first-order valence-electron chi connectivity index (χ1n) is 5.90. The highest BCUT2D eigenvalue weighted by Gasteiger charge is 2.66. The third-order valence-corrected chi connectivity index (χ3v) is 6.27. The first-order valence-corrected chi connectivity index (χ1v) is 7.72. The molecule has 4 unspecified atom stereocenters. The van der Waals surface area contributed by atoms with Gasteiger partial charge in [0.05, 0.1) is 29.8 Å². The van der Waals surface area contributed by atoms with Crippen molar-refractivity contribution >= 4 is 9.84 Å². The molecule has 3 aliphatic rings. The Hall–Kier alpha value is -0.640. The van der Waals surface area contributed by atoms with Gasteiger partial charge in [0.25, 0.3) is 0 Å². The Morgan fingerprint density at radius 3 is 2.59 bits per heavy atom. The molecule has 0 spiro atoms. The van der Waals surface area contributed by atoms with Gasteiger partial charge in [-0.2, -0.15) is 5.26 Å². The summed E-state index contributed by atoms with van der Waals surface area (Å²) in [6, 6.07) is 2.19. The maximum Gasteiger partial charge on any atom is 0.153 e. The largest absolute Gasteiger partial charge is 0.387 e. The van der Waals surface area contributed by atoms with Gasteiger partial charge in [-0.15, -0.1) is 0 Å². The van der Waals surface area contributed by atoms with Crippen molar-refractivity contribution in [3.8, 4) is 6.07 Å². The lowest BCUT2D eigenvalue weighted by Gasteiger charge is -2.40. The van der Waals surface area contributed by atoms with E-state index in [1.807, 2.05) is 0 Å². The van der Waals surface area contributed by atoms with Crippen molar-refractivity contribution in [3.63, 3.8) is 0 Å². The number of hydrogen-bond donors (Lipinski definition) is 1. The van der Waals surface area contributed by atoms with Crippen molar-refractivity contribution in [2.75, 3.05) is 11.5 Å². The number of sulfone groups is 1. The fraction of sp³-hybridized carbons (Fsp3) is 0.909. The Balaban J connectivity index is 2.00. The van der Waals surface area contributed by atoms with Crippen LogP contribution in [-0.2, 0) is 14.6 Å². The van der Waals surface area contributed by atoms with Crippen molar-refractivity contribution in [3.05, 3.63) is 0 Å². The summed E-state index contributed by atoms with van der Waals surface area (Å²) in [5.41, 5.74) is -2.43. The fourth-order valence-corrected chi connectivity index (χ4v) is 5.53. The summed E-state index contributed by atoms with van der Waals surface area (Å²) in [5, 5.41) is 20.1. The summed E-state index contributed by atoms with van der Waals surface area (Å²) in [6.07, 6.45) is 2.02. The topological polar surface area (TPSA) is 87.4 Å². The van der Waals surface area contributed by atoms with Gasteiger partial charge >= 0.3 is 0 Å². The van der Waals surface area contributed by atoms with E-state index in [0.29, 0.717) is 6.42 Å². The molecule has 0 aromatic rings. The zero-order chi connectivity index (χ0) is 12.3. The van der Waals surface area contributed by atoms with Gasteiger partial charge < -0.3 is 9.84 Å².